The number of nitrogens with one attached hydrogen (secondary N) is 2. The van der Waals surface area contributed by atoms with Crippen molar-refractivity contribution in [3.8, 4) is 11.1 Å². The van der Waals surface area contributed by atoms with E-state index in [1.54, 1.807) is 6.08 Å². The van der Waals surface area contributed by atoms with Crippen molar-refractivity contribution in [3.05, 3.63) is 70.0 Å². The maximum absolute atomic E-state index is 13.8. The second kappa shape index (κ2) is 8.46. The van der Waals surface area contributed by atoms with E-state index in [9.17, 15) is 4.39 Å². The number of halogens is 3. The van der Waals surface area contributed by atoms with Gasteiger partial charge in [-0.3, -0.25) is 4.68 Å². The summed E-state index contributed by atoms with van der Waals surface area (Å²) in [6.07, 6.45) is 13.4. The maximum atomic E-state index is 13.8. The number of benzene rings is 1. The molecule has 0 amide bonds. The van der Waals surface area contributed by atoms with Crippen LogP contribution in [0.2, 0.25) is 10.0 Å². The largest absolute Gasteiger partial charge is 0.346 e. The van der Waals surface area contributed by atoms with Crippen LogP contribution in [-0.2, 0) is 0 Å². The van der Waals surface area contributed by atoms with E-state index >= 15 is 0 Å². The second-order valence-corrected chi connectivity index (χ2v) is 8.43. The van der Waals surface area contributed by atoms with Crippen LogP contribution in [0, 0.1) is 5.82 Å². The van der Waals surface area contributed by atoms with Crippen LogP contribution in [0.5, 0.6) is 0 Å². The summed E-state index contributed by atoms with van der Waals surface area (Å²) < 4.78 is 15.9. The molecule has 1 saturated heterocycles. The van der Waals surface area contributed by atoms with Crippen LogP contribution in [0.3, 0.4) is 0 Å². The number of fused-ring (bicyclic) bond motifs is 1. The fraction of sp³-hybridized carbons (Fsp3) is 0.217. The number of pyridine rings is 1. The van der Waals surface area contributed by atoms with E-state index in [4.69, 9.17) is 23.2 Å². The van der Waals surface area contributed by atoms with E-state index < -0.39 is 5.82 Å². The molecule has 31 heavy (non-hydrogen) atoms. The van der Waals surface area contributed by atoms with Crippen LogP contribution in [0.4, 0.5) is 4.39 Å². The van der Waals surface area contributed by atoms with Gasteiger partial charge in [0.05, 0.1) is 17.3 Å². The van der Waals surface area contributed by atoms with Crippen molar-refractivity contribution in [2.75, 3.05) is 13.1 Å². The number of aromatic amines is 1. The molecule has 8 heteroatoms. The summed E-state index contributed by atoms with van der Waals surface area (Å²) in [5, 5.41) is 9.32. The smallest absolute Gasteiger partial charge is 0.142 e. The van der Waals surface area contributed by atoms with Crippen molar-refractivity contribution in [1.29, 1.82) is 0 Å². The molecule has 0 spiro atoms. The molecule has 0 saturated carbocycles. The molecular formula is C23H20Cl2FN5. The molecule has 0 radical (unpaired) electrons. The fourth-order valence-corrected chi connectivity index (χ4v) is 4.44. The maximum Gasteiger partial charge on any atom is 0.142 e. The standard InChI is InChI=1S/C23H20Cl2FN5/c24-20-3-4-21(26)22(25)18(20)2-1-14-10-28-23-19(14)9-15(11-29-23)16-12-30-31(13-16)17-5-7-27-8-6-17/h1-4,9-13,17,27H,5-8H2,(H,28,29). The zero-order valence-corrected chi connectivity index (χ0v) is 18.1. The van der Waals surface area contributed by atoms with Gasteiger partial charge in [0.1, 0.15) is 11.5 Å². The van der Waals surface area contributed by atoms with Crippen LogP contribution in [0.15, 0.2) is 43.0 Å². The third-order valence-electron chi connectivity index (χ3n) is 5.69. The van der Waals surface area contributed by atoms with Crippen LogP contribution in [-0.4, -0.2) is 32.8 Å². The monoisotopic (exact) mass is 455 g/mol. The van der Waals surface area contributed by atoms with Crippen molar-refractivity contribution in [2.24, 2.45) is 0 Å². The number of nitrogens with zero attached hydrogens (tertiary/aromatic N) is 3. The molecule has 1 aliphatic rings. The van der Waals surface area contributed by atoms with Gasteiger partial charge in [-0.25, -0.2) is 9.37 Å². The van der Waals surface area contributed by atoms with E-state index in [0.717, 1.165) is 53.7 Å². The van der Waals surface area contributed by atoms with Crippen molar-refractivity contribution in [1.82, 2.24) is 25.1 Å². The van der Waals surface area contributed by atoms with Gasteiger partial charge in [-0.2, -0.15) is 5.10 Å². The van der Waals surface area contributed by atoms with Gasteiger partial charge in [0.25, 0.3) is 0 Å². The first-order valence-electron chi connectivity index (χ1n) is 10.1. The van der Waals surface area contributed by atoms with E-state index in [1.165, 1.54) is 12.1 Å². The molecule has 4 aromatic rings. The molecule has 3 aromatic heterocycles. The highest BCUT2D eigenvalue weighted by atomic mass is 35.5. The summed E-state index contributed by atoms with van der Waals surface area (Å²) >= 11 is 12.3. The van der Waals surface area contributed by atoms with Crippen molar-refractivity contribution in [2.45, 2.75) is 18.9 Å². The Morgan fingerprint density at radius 2 is 1.94 bits per heavy atom. The highest BCUT2D eigenvalue weighted by Crippen LogP contribution is 2.31. The number of rotatable bonds is 4. The SMILES string of the molecule is Fc1ccc(Cl)c(C=Cc2c[nH]c3ncc(-c4cnn(C5CCNCC5)c4)cc23)c1Cl. The first-order valence-corrected chi connectivity index (χ1v) is 10.9. The topological polar surface area (TPSA) is 58.5 Å². The Kier molecular flexibility index (Phi) is 5.52. The van der Waals surface area contributed by atoms with Gasteiger partial charge in [-0.05, 0) is 44.1 Å². The molecule has 0 atom stereocenters. The quantitative estimate of drug-likeness (QED) is 0.372. The summed E-state index contributed by atoms with van der Waals surface area (Å²) in [5.74, 6) is -0.501. The zero-order valence-electron chi connectivity index (χ0n) is 16.6. The van der Waals surface area contributed by atoms with Crippen LogP contribution >= 0.6 is 23.2 Å². The predicted octanol–water partition coefficient (Wildman–Crippen LogP) is 5.97. The minimum absolute atomic E-state index is 0.00716. The Morgan fingerprint density at radius 3 is 2.77 bits per heavy atom. The van der Waals surface area contributed by atoms with Gasteiger partial charge in [0.2, 0.25) is 0 Å². The summed E-state index contributed by atoms with van der Waals surface area (Å²) in [7, 11) is 0. The molecule has 1 fully saturated rings. The molecule has 4 heterocycles. The summed E-state index contributed by atoms with van der Waals surface area (Å²) in [4.78, 5) is 7.73. The van der Waals surface area contributed by atoms with Crippen LogP contribution < -0.4 is 5.32 Å². The van der Waals surface area contributed by atoms with Crippen molar-refractivity contribution >= 4 is 46.4 Å². The van der Waals surface area contributed by atoms with Crippen LogP contribution in [0.25, 0.3) is 34.3 Å². The van der Waals surface area contributed by atoms with Gasteiger partial charge in [-0.15, -0.1) is 0 Å². The summed E-state index contributed by atoms with van der Waals surface area (Å²) in [6.45, 7) is 2.04. The van der Waals surface area contributed by atoms with E-state index in [1.807, 2.05) is 24.7 Å². The molecule has 2 N–H and O–H groups in total. The highest BCUT2D eigenvalue weighted by Gasteiger charge is 2.16. The summed E-state index contributed by atoms with van der Waals surface area (Å²) in [5.41, 5.74) is 4.14. The van der Waals surface area contributed by atoms with E-state index in [2.05, 4.69) is 37.3 Å². The second-order valence-electron chi connectivity index (χ2n) is 7.64. The van der Waals surface area contributed by atoms with E-state index in [0.29, 0.717) is 16.6 Å². The Labute approximate surface area is 188 Å². The normalized spacial score (nSPS) is 15.3. The number of hydrogen-bond donors (Lipinski definition) is 2. The van der Waals surface area contributed by atoms with Gasteiger partial charge in [-0.1, -0.05) is 35.4 Å². The number of aromatic nitrogens is 4. The first kappa shape index (κ1) is 20.2. The average Bonchev–Trinajstić information content (AvgIpc) is 3.44. The third-order valence-corrected chi connectivity index (χ3v) is 6.40. The third kappa shape index (κ3) is 3.99. The number of H-pyrrole nitrogens is 1. The molecule has 0 aliphatic carbocycles. The minimum atomic E-state index is -0.501. The molecule has 5 rings (SSSR count). The Balaban J connectivity index is 1.47. The molecule has 158 valence electrons. The lowest BCUT2D eigenvalue weighted by atomic mass is 10.1. The molecule has 1 aromatic carbocycles. The fourth-order valence-electron chi connectivity index (χ4n) is 3.95. The lowest BCUT2D eigenvalue weighted by Crippen LogP contribution is -2.29. The van der Waals surface area contributed by atoms with Gasteiger partial charge >= 0.3 is 0 Å². The molecule has 0 bridgehead atoms. The zero-order chi connectivity index (χ0) is 21.4. The van der Waals surface area contributed by atoms with Gasteiger partial charge in [0, 0.05) is 51.3 Å². The molecule has 1 aliphatic heterocycles. The number of hydrogen-bond acceptors (Lipinski definition) is 3. The molecule has 5 nitrogen and oxygen atoms in total. The lowest BCUT2D eigenvalue weighted by Gasteiger charge is -2.22. The molecule has 0 unspecified atom stereocenters. The predicted molar refractivity (Wildman–Crippen MR) is 124 cm³/mol. The van der Waals surface area contributed by atoms with Crippen molar-refractivity contribution < 1.29 is 4.39 Å². The number of piperidine rings is 1. The van der Waals surface area contributed by atoms with E-state index in [-0.39, 0.29) is 5.02 Å². The lowest BCUT2D eigenvalue weighted by molar-refractivity contribution is 0.343. The average molecular weight is 456 g/mol. The van der Waals surface area contributed by atoms with Gasteiger partial charge < -0.3 is 10.3 Å². The van der Waals surface area contributed by atoms with Crippen molar-refractivity contribution in [3.63, 3.8) is 0 Å². The summed E-state index contributed by atoms with van der Waals surface area (Å²) in [6, 6.07) is 5.26. The highest BCUT2D eigenvalue weighted by molar-refractivity contribution is 6.37. The Morgan fingerprint density at radius 1 is 1.10 bits per heavy atom. The Hall–Kier alpha value is -2.67. The van der Waals surface area contributed by atoms with Crippen LogP contribution in [0.1, 0.15) is 30.0 Å². The minimum Gasteiger partial charge on any atom is -0.346 e. The molecular weight excluding hydrogens is 436 g/mol. The Bertz CT molecular complexity index is 1270. The first-order chi connectivity index (χ1) is 15.1. The van der Waals surface area contributed by atoms with Gasteiger partial charge in [0.15, 0.2) is 0 Å².